The minimum Gasteiger partial charge on any atom is -0.494 e. The van der Waals surface area contributed by atoms with Crippen LogP contribution in [-0.4, -0.2) is 6.61 Å². The number of anilines is 1. The number of hydrogen-bond donors (Lipinski definition) is 1. The Kier molecular flexibility index (Phi) is 4.89. The van der Waals surface area contributed by atoms with Crippen molar-refractivity contribution in [1.29, 1.82) is 0 Å². The molecular formula is C19H25NO. The summed E-state index contributed by atoms with van der Waals surface area (Å²) in [5.41, 5.74) is 6.40. The van der Waals surface area contributed by atoms with Gasteiger partial charge in [0.05, 0.1) is 6.61 Å². The van der Waals surface area contributed by atoms with E-state index in [-0.39, 0.29) is 6.04 Å². The summed E-state index contributed by atoms with van der Waals surface area (Å²) in [4.78, 5) is 0. The highest BCUT2D eigenvalue weighted by molar-refractivity contribution is 5.59. The Hall–Kier alpha value is -1.96. The smallest absolute Gasteiger partial charge is 0.119 e. The quantitative estimate of drug-likeness (QED) is 0.816. The first kappa shape index (κ1) is 15.4. The fourth-order valence-corrected chi connectivity index (χ4v) is 2.73. The number of hydrogen-bond acceptors (Lipinski definition) is 2. The molecule has 1 unspecified atom stereocenters. The Morgan fingerprint density at radius 2 is 1.57 bits per heavy atom. The molecule has 0 aliphatic carbocycles. The van der Waals surface area contributed by atoms with Crippen LogP contribution in [0.5, 0.6) is 5.75 Å². The zero-order valence-electron chi connectivity index (χ0n) is 13.7. The Morgan fingerprint density at radius 3 is 2.10 bits per heavy atom. The Bertz CT molecular complexity index is 578. The van der Waals surface area contributed by atoms with Crippen LogP contribution in [0.2, 0.25) is 0 Å². The van der Waals surface area contributed by atoms with Crippen molar-refractivity contribution in [3.05, 3.63) is 58.7 Å². The molecule has 2 aromatic rings. The van der Waals surface area contributed by atoms with Gasteiger partial charge in [-0.25, -0.2) is 0 Å². The predicted molar refractivity (Wildman–Crippen MR) is 90.3 cm³/mol. The van der Waals surface area contributed by atoms with Crippen LogP contribution in [0.4, 0.5) is 5.69 Å². The van der Waals surface area contributed by atoms with Crippen molar-refractivity contribution in [3.8, 4) is 5.75 Å². The topological polar surface area (TPSA) is 21.3 Å². The fourth-order valence-electron chi connectivity index (χ4n) is 2.73. The van der Waals surface area contributed by atoms with Crippen molar-refractivity contribution in [2.24, 2.45) is 0 Å². The molecule has 2 heteroatoms. The summed E-state index contributed by atoms with van der Waals surface area (Å²) in [6.07, 6.45) is 0. The zero-order chi connectivity index (χ0) is 15.4. The van der Waals surface area contributed by atoms with E-state index < -0.39 is 0 Å². The standard InChI is InChI=1S/C19H25NO/c1-6-21-18-9-7-17(8-10-18)16(5)20-19-14(3)11-13(2)12-15(19)4/h7-12,16,20H,6H2,1-5H3. The first-order valence-electron chi connectivity index (χ1n) is 7.58. The number of ether oxygens (including phenoxy) is 1. The molecule has 0 saturated carbocycles. The maximum Gasteiger partial charge on any atom is 0.119 e. The van der Waals surface area contributed by atoms with Gasteiger partial charge in [-0.3, -0.25) is 0 Å². The molecule has 0 heterocycles. The van der Waals surface area contributed by atoms with Gasteiger partial charge in [0.2, 0.25) is 0 Å². The van der Waals surface area contributed by atoms with Gasteiger partial charge in [-0.05, 0) is 63.4 Å². The maximum absolute atomic E-state index is 5.49. The van der Waals surface area contributed by atoms with Crippen LogP contribution in [0.3, 0.4) is 0 Å². The van der Waals surface area contributed by atoms with E-state index in [0.29, 0.717) is 6.61 Å². The lowest BCUT2D eigenvalue weighted by molar-refractivity contribution is 0.340. The molecule has 2 nitrogen and oxygen atoms in total. The van der Waals surface area contributed by atoms with Crippen LogP contribution in [0.25, 0.3) is 0 Å². The minimum atomic E-state index is 0.265. The van der Waals surface area contributed by atoms with E-state index in [0.717, 1.165) is 5.75 Å². The largest absolute Gasteiger partial charge is 0.494 e. The summed E-state index contributed by atoms with van der Waals surface area (Å²) in [6, 6.07) is 13.0. The summed E-state index contributed by atoms with van der Waals surface area (Å²) in [5.74, 6) is 0.927. The lowest BCUT2D eigenvalue weighted by Crippen LogP contribution is -2.09. The van der Waals surface area contributed by atoms with Crippen molar-refractivity contribution < 1.29 is 4.74 Å². The maximum atomic E-state index is 5.49. The van der Waals surface area contributed by atoms with Crippen molar-refractivity contribution in [1.82, 2.24) is 0 Å². The van der Waals surface area contributed by atoms with Gasteiger partial charge in [0.1, 0.15) is 5.75 Å². The Labute approximate surface area is 128 Å². The highest BCUT2D eigenvalue weighted by Gasteiger charge is 2.09. The monoisotopic (exact) mass is 283 g/mol. The summed E-state index contributed by atoms with van der Waals surface area (Å²) < 4.78 is 5.49. The van der Waals surface area contributed by atoms with Crippen LogP contribution in [0, 0.1) is 20.8 Å². The molecule has 0 radical (unpaired) electrons. The van der Waals surface area contributed by atoms with Gasteiger partial charge in [0.25, 0.3) is 0 Å². The van der Waals surface area contributed by atoms with Gasteiger partial charge in [0.15, 0.2) is 0 Å². The average Bonchev–Trinajstić information content (AvgIpc) is 2.43. The summed E-state index contributed by atoms with van der Waals surface area (Å²) in [7, 11) is 0. The Balaban J connectivity index is 2.16. The SMILES string of the molecule is CCOc1ccc(C(C)Nc2c(C)cc(C)cc2C)cc1. The summed E-state index contributed by atoms with van der Waals surface area (Å²) >= 11 is 0. The van der Waals surface area contributed by atoms with Crippen LogP contribution < -0.4 is 10.1 Å². The molecule has 112 valence electrons. The van der Waals surface area contributed by atoms with E-state index in [1.165, 1.54) is 27.9 Å². The van der Waals surface area contributed by atoms with Crippen molar-refractivity contribution in [3.63, 3.8) is 0 Å². The number of aryl methyl sites for hydroxylation is 3. The third-order valence-electron chi connectivity index (χ3n) is 3.73. The molecule has 1 N–H and O–H groups in total. The third kappa shape index (κ3) is 3.78. The molecule has 1 atom stereocenters. The zero-order valence-corrected chi connectivity index (χ0v) is 13.7. The molecule has 21 heavy (non-hydrogen) atoms. The lowest BCUT2D eigenvalue weighted by atomic mass is 10.0. The van der Waals surface area contributed by atoms with Crippen LogP contribution >= 0.6 is 0 Å². The summed E-state index contributed by atoms with van der Waals surface area (Å²) in [5, 5.41) is 3.63. The second kappa shape index (κ2) is 6.66. The lowest BCUT2D eigenvalue weighted by Gasteiger charge is -2.20. The number of rotatable bonds is 5. The second-order valence-corrected chi connectivity index (χ2v) is 5.64. The molecule has 0 aliphatic rings. The first-order valence-corrected chi connectivity index (χ1v) is 7.58. The van der Waals surface area contributed by atoms with Crippen molar-refractivity contribution in [2.75, 3.05) is 11.9 Å². The molecule has 0 spiro atoms. The van der Waals surface area contributed by atoms with Crippen molar-refractivity contribution in [2.45, 2.75) is 40.7 Å². The molecule has 0 fully saturated rings. The molecule has 0 aliphatic heterocycles. The van der Waals surface area contributed by atoms with Gasteiger partial charge in [0, 0.05) is 11.7 Å². The first-order chi connectivity index (χ1) is 10.0. The van der Waals surface area contributed by atoms with E-state index in [9.17, 15) is 0 Å². The molecule has 0 saturated heterocycles. The van der Waals surface area contributed by atoms with Crippen molar-refractivity contribution >= 4 is 5.69 Å². The fraction of sp³-hybridized carbons (Fsp3) is 0.368. The minimum absolute atomic E-state index is 0.265. The van der Waals surface area contributed by atoms with Crippen LogP contribution in [-0.2, 0) is 0 Å². The van der Waals surface area contributed by atoms with E-state index in [4.69, 9.17) is 4.74 Å². The molecule has 2 rings (SSSR count). The average molecular weight is 283 g/mol. The van der Waals surface area contributed by atoms with Gasteiger partial charge in [-0.2, -0.15) is 0 Å². The number of nitrogens with one attached hydrogen (secondary N) is 1. The van der Waals surface area contributed by atoms with Gasteiger partial charge in [-0.1, -0.05) is 29.8 Å². The van der Waals surface area contributed by atoms with E-state index in [1.807, 2.05) is 19.1 Å². The Morgan fingerprint density at radius 1 is 1.00 bits per heavy atom. The third-order valence-corrected chi connectivity index (χ3v) is 3.73. The van der Waals surface area contributed by atoms with Crippen LogP contribution in [0.15, 0.2) is 36.4 Å². The molecule has 0 aromatic heterocycles. The predicted octanol–water partition coefficient (Wildman–Crippen LogP) is 5.18. The second-order valence-electron chi connectivity index (χ2n) is 5.64. The highest BCUT2D eigenvalue weighted by Crippen LogP contribution is 2.27. The highest BCUT2D eigenvalue weighted by atomic mass is 16.5. The molecule has 0 bridgehead atoms. The van der Waals surface area contributed by atoms with Gasteiger partial charge in [-0.15, -0.1) is 0 Å². The van der Waals surface area contributed by atoms with E-state index >= 15 is 0 Å². The van der Waals surface area contributed by atoms with E-state index in [2.05, 4.69) is 57.3 Å². The van der Waals surface area contributed by atoms with E-state index in [1.54, 1.807) is 0 Å². The molecular weight excluding hydrogens is 258 g/mol. The normalized spacial score (nSPS) is 12.0. The number of benzene rings is 2. The van der Waals surface area contributed by atoms with Gasteiger partial charge >= 0.3 is 0 Å². The molecule has 0 amide bonds. The summed E-state index contributed by atoms with van der Waals surface area (Å²) in [6.45, 7) is 11.4. The van der Waals surface area contributed by atoms with Crippen LogP contribution in [0.1, 0.15) is 42.1 Å². The molecule has 2 aromatic carbocycles. The van der Waals surface area contributed by atoms with Gasteiger partial charge < -0.3 is 10.1 Å².